The van der Waals surface area contributed by atoms with Crippen molar-refractivity contribution in [2.45, 2.75) is 70.4 Å². The highest BCUT2D eigenvalue weighted by Gasteiger charge is 2.42. The standard InChI is InChI=1S/C24H32N4O5/c1-23(2,3)33-22(32)27-12-9-15(10-13-27)16-6-7-17-18(14-16)26(5)21(31)28(17)24(4)11-8-19(29)25-20(24)30/h6-7,14-15H,8-13H2,1-5H3,(H,25,29,30). The summed E-state index contributed by atoms with van der Waals surface area (Å²) >= 11 is 0. The maximum atomic E-state index is 13.1. The van der Waals surface area contributed by atoms with Crippen LogP contribution in [0.15, 0.2) is 23.0 Å². The molecule has 3 amide bonds. The summed E-state index contributed by atoms with van der Waals surface area (Å²) in [6.45, 7) is 8.51. The monoisotopic (exact) mass is 456 g/mol. The van der Waals surface area contributed by atoms with Crippen LogP contribution in [-0.4, -0.2) is 50.6 Å². The van der Waals surface area contributed by atoms with Gasteiger partial charge >= 0.3 is 11.8 Å². The van der Waals surface area contributed by atoms with Crippen molar-refractivity contribution in [1.29, 1.82) is 0 Å². The number of hydrogen-bond donors (Lipinski definition) is 1. The summed E-state index contributed by atoms with van der Waals surface area (Å²) in [7, 11) is 1.70. The Balaban J connectivity index is 1.59. The molecular weight excluding hydrogens is 424 g/mol. The number of carbonyl (C=O) groups excluding carboxylic acids is 3. The maximum absolute atomic E-state index is 13.1. The van der Waals surface area contributed by atoms with Crippen molar-refractivity contribution in [2.75, 3.05) is 13.1 Å². The van der Waals surface area contributed by atoms with Crippen molar-refractivity contribution in [3.63, 3.8) is 0 Å². The molecule has 178 valence electrons. The summed E-state index contributed by atoms with van der Waals surface area (Å²) in [5, 5.41) is 2.37. The van der Waals surface area contributed by atoms with Crippen molar-refractivity contribution in [1.82, 2.24) is 19.4 Å². The molecule has 2 aliphatic rings. The van der Waals surface area contributed by atoms with Gasteiger partial charge in [-0.15, -0.1) is 0 Å². The zero-order valence-electron chi connectivity index (χ0n) is 19.9. The number of nitrogens with one attached hydrogen (secondary N) is 1. The fourth-order valence-corrected chi connectivity index (χ4v) is 4.81. The summed E-state index contributed by atoms with van der Waals surface area (Å²) in [6, 6.07) is 5.90. The third-order valence-electron chi connectivity index (χ3n) is 6.77. The van der Waals surface area contributed by atoms with E-state index in [1.807, 2.05) is 39.0 Å². The predicted octanol–water partition coefficient (Wildman–Crippen LogP) is 2.61. The van der Waals surface area contributed by atoms with Gasteiger partial charge in [-0.25, -0.2) is 9.59 Å². The number of likely N-dealkylation sites (tertiary alicyclic amines) is 1. The zero-order chi connectivity index (χ0) is 24.1. The fraction of sp³-hybridized carbons (Fsp3) is 0.583. The molecule has 2 fully saturated rings. The second-order valence-electron chi connectivity index (χ2n) is 10.3. The van der Waals surface area contributed by atoms with Crippen LogP contribution in [0.25, 0.3) is 11.0 Å². The van der Waals surface area contributed by atoms with Gasteiger partial charge < -0.3 is 9.64 Å². The minimum absolute atomic E-state index is 0.194. The molecule has 0 spiro atoms. The van der Waals surface area contributed by atoms with Crippen LogP contribution in [0.4, 0.5) is 4.79 Å². The van der Waals surface area contributed by atoms with E-state index in [0.29, 0.717) is 18.6 Å². The zero-order valence-corrected chi connectivity index (χ0v) is 19.9. The second-order valence-corrected chi connectivity index (χ2v) is 10.3. The molecule has 0 radical (unpaired) electrons. The van der Waals surface area contributed by atoms with Crippen LogP contribution in [0.5, 0.6) is 0 Å². The highest BCUT2D eigenvalue weighted by atomic mass is 16.6. The van der Waals surface area contributed by atoms with E-state index in [9.17, 15) is 19.2 Å². The van der Waals surface area contributed by atoms with E-state index < -0.39 is 17.0 Å². The molecule has 1 unspecified atom stereocenters. The Morgan fingerprint density at radius 3 is 2.39 bits per heavy atom. The molecule has 0 saturated carbocycles. The molecule has 2 aliphatic heterocycles. The number of piperidine rings is 2. The number of benzene rings is 1. The first kappa shape index (κ1) is 23.1. The molecule has 9 heteroatoms. The first-order chi connectivity index (χ1) is 15.4. The number of carbonyl (C=O) groups is 3. The lowest BCUT2D eigenvalue weighted by Gasteiger charge is -2.34. The van der Waals surface area contributed by atoms with Gasteiger partial charge in [-0.3, -0.25) is 24.0 Å². The largest absolute Gasteiger partial charge is 0.444 e. The lowest BCUT2D eigenvalue weighted by atomic mass is 9.88. The second kappa shape index (κ2) is 8.04. The van der Waals surface area contributed by atoms with Gasteiger partial charge in [-0.1, -0.05) is 6.07 Å². The molecular formula is C24H32N4O5. The van der Waals surface area contributed by atoms with Crippen molar-refractivity contribution in [2.24, 2.45) is 7.05 Å². The Kier molecular flexibility index (Phi) is 5.62. The number of nitrogens with zero attached hydrogens (tertiary/aromatic N) is 3. The van der Waals surface area contributed by atoms with Crippen molar-refractivity contribution >= 4 is 28.9 Å². The Bertz CT molecular complexity index is 1180. The van der Waals surface area contributed by atoms with E-state index in [4.69, 9.17) is 4.74 Å². The number of amides is 3. The summed E-state index contributed by atoms with van der Waals surface area (Å²) in [5.74, 6) is -0.504. The Labute approximate surface area is 192 Å². The summed E-state index contributed by atoms with van der Waals surface area (Å²) < 4.78 is 8.55. The number of hydrogen-bond acceptors (Lipinski definition) is 5. The molecule has 9 nitrogen and oxygen atoms in total. The van der Waals surface area contributed by atoms with E-state index in [1.165, 1.54) is 4.57 Å². The lowest BCUT2D eigenvalue weighted by molar-refractivity contribution is -0.140. The van der Waals surface area contributed by atoms with Crippen LogP contribution in [0.2, 0.25) is 0 Å². The Morgan fingerprint density at radius 1 is 1.12 bits per heavy atom. The number of aryl methyl sites for hydroxylation is 1. The van der Waals surface area contributed by atoms with Crippen LogP contribution >= 0.6 is 0 Å². The van der Waals surface area contributed by atoms with Crippen molar-refractivity contribution in [3.05, 3.63) is 34.2 Å². The normalized spacial score (nSPS) is 22.5. The highest BCUT2D eigenvalue weighted by molar-refractivity contribution is 6.02. The van der Waals surface area contributed by atoms with Gasteiger partial charge in [0.1, 0.15) is 11.1 Å². The number of fused-ring (bicyclic) bond motifs is 1. The highest BCUT2D eigenvalue weighted by Crippen LogP contribution is 2.33. The fourth-order valence-electron chi connectivity index (χ4n) is 4.81. The average Bonchev–Trinajstić information content (AvgIpc) is 3.00. The van der Waals surface area contributed by atoms with Crippen molar-refractivity contribution in [3.8, 4) is 0 Å². The SMILES string of the molecule is Cn1c(=O)n(C2(C)CCC(=O)NC2=O)c2ccc(C3CCN(C(=O)OC(C)(C)C)CC3)cc21. The van der Waals surface area contributed by atoms with Gasteiger partial charge in [0, 0.05) is 26.6 Å². The van der Waals surface area contributed by atoms with Crippen molar-refractivity contribution < 1.29 is 19.1 Å². The quantitative estimate of drug-likeness (QED) is 0.700. The summed E-state index contributed by atoms with van der Waals surface area (Å²) in [6.07, 6.45) is 1.80. The average molecular weight is 457 g/mol. The minimum atomic E-state index is -1.12. The molecule has 1 aromatic heterocycles. The smallest absolute Gasteiger partial charge is 0.410 e. The van der Waals surface area contributed by atoms with E-state index >= 15 is 0 Å². The maximum Gasteiger partial charge on any atom is 0.410 e. The number of rotatable bonds is 2. The molecule has 4 rings (SSSR count). The lowest BCUT2D eigenvalue weighted by Crippen LogP contribution is -2.55. The molecule has 0 bridgehead atoms. The summed E-state index contributed by atoms with van der Waals surface area (Å²) in [4.78, 5) is 51.6. The van der Waals surface area contributed by atoms with Crippen LogP contribution in [0.1, 0.15) is 64.9 Å². The first-order valence-corrected chi connectivity index (χ1v) is 11.4. The predicted molar refractivity (Wildman–Crippen MR) is 123 cm³/mol. The van der Waals surface area contributed by atoms with Gasteiger partial charge in [0.25, 0.3) is 5.91 Å². The van der Waals surface area contributed by atoms with Crippen LogP contribution in [0, 0.1) is 0 Å². The van der Waals surface area contributed by atoms with Crippen LogP contribution in [-0.2, 0) is 26.9 Å². The number of aromatic nitrogens is 2. The third kappa shape index (κ3) is 4.16. The molecule has 1 aromatic carbocycles. The van der Waals surface area contributed by atoms with Gasteiger partial charge in [0.15, 0.2) is 0 Å². The van der Waals surface area contributed by atoms with Crippen LogP contribution in [0.3, 0.4) is 0 Å². The molecule has 1 atom stereocenters. The number of imide groups is 1. The third-order valence-corrected chi connectivity index (χ3v) is 6.77. The molecule has 1 N–H and O–H groups in total. The Morgan fingerprint density at radius 2 is 1.79 bits per heavy atom. The minimum Gasteiger partial charge on any atom is -0.444 e. The van der Waals surface area contributed by atoms with E-state index in [2.05, 4.69) is 5.32 Å². The molecule has 33 heavy (non-hydrogen) atoms. The van der Waals surface area contributed by atoms with E-state index in [-0.39, 0.29) is 36.4 Å². The summed E-state index contributed by atoms with van der Waals surface area (Å²) in [5.41, 5.74) is 0.602. The molecule has 0 aliphatic carbocycles. The molecule has 2 saturated heterocycles. The Hall–Kier alpha value is -3.10. The van der Waals surface area contributed by atoms with E-state index in [1.54, 1.807) is 23.4 Å². The van der Waals surface area contributed by atoms with Gasteiger partial charge in [0.05, 0.1) is 11.0 Å². The molecule has 2 aromatic rings. The van der Waals surface area contributed by atoms with Gasteiger partial charge in [-0.05, 0) is 70.6 Å². The number of imidazole rings is 1. The van der Waals surface area contributed by atoms with Gasteiger partial charge in [0.2, 0.25) is 5.91 Å². The van der Waals surface area contributed by atoms with E-state index in [0.717, 1.165) is 23.9 Å². The number of ether oxygens (including phenoxy) is 1. The van der Waals surface area contributed by atoms with Gasteiger partial charge in [-0.2, -0.15) is 0 Å². The first-order valence-electron chi connectivity index (χ1n) is 11.4. The van der Waals surface area contributed by atoms with Crippen LogP contribution < -0.4 is 11.0 Å². The molecule has 3 heterocycles. The topological polar surface area (TPSA) is 103 Å².